The molecule has 1 aromatic rings. The van der Waals surface area contributed by atoms with Crippen molar-refractivity contribution in [1.82, 2.24) is 4.98 Å². The third-order valence-corrected chi connectivity index (χ3v) is 1.22. The summed E-state index contributed by atoms with van der Waals surface area (Å²) >= 11 is 0. The first-order valence-corrected chi connectivity index (χ1v) is 3.57. The maximum absolute atomic E-state index is 8.45. The van der Waals surface area contributed by atoms with Gasteiger partial charge in [0.15, 0.2) is 0 Å². The first-order valence-electron chi connectivity index (χ1n) is 3.57. The molecule has 0 aromatic carbocycles. The van der Waals surface area contributed by atoms with E-state index >= 15 is 0 Å². The SMILES string of the molecule is OCCCOc1ccncc1. The second-order valence-electron chi connectivity index (χ2n) is 2.11. The van der Waals surface area contributed by atoms with E-state index in [9.17, 15) is 0 Å². The van der Waals surface area contributed by atoms with Crippen LogP contribution in [0.5, 0.6) is 5.75 Å². The summed E-state index contributed by atoms with van der Waals surface area (Å²) in [4.78, 5) is 3.84. The lowest BCUT2D eigenvalue weighted by molar-refractivity contribution is 0.233. The fraction of sp³-hybridized carbons (Fsp3) is 0.375. The van der Waals surface area contributed by atoms with E-state index < -0.39 is 0 Å². The van der Waals surface area contributed by atoms with Gasteiger partial charge >= 0.3 is 0 Å². The minimum atomic E-state index is 0.172. The van der Waals surface area contributed by atoms with Crippen molar-refractivity contribution in [2.45, 2.75) is 6.42 Å². The van der Waals surface area contributed by atoms with Crippen LogP contribution in [0.3, 0.4) is 0 Å². The number of pyridine rings is 1. The number of ether oxygens (including phenoxy) is 1. The molecule has 3 nitrogen and oxygen atoms in total. The largest absolute Gasteiger partial charge is 0.493 e. The molecular formula is C8H11NO2. The van der Waals surface area contributed by atoms with Gasteiger partial charge in [-0.15, -0.1) is 0 Å². The molecule has 0 aliphatic rings. The summed E-state index contributed by atoms with van der Waals surface area (Å²) in [6.45, 7) is 0.728. The zero-order valence-corrected chi connectivity index (χ0v) is 6.23. The van der Waals surface area contributed by atoms with Gasteiger partial charge in [-0.05, 0) is 12.1 Å². The molecule has 0 spiro atoms. The van der Waals surface area contributed by atoms with Crippen molar-refractivity contribution in [2.24, 2.45) is 0 Å². The number of rotatable bonds is 4. The smallest absolute Gasteiger partial charge is 0.122 e. The first kappa shape index (κ1) is 8.01. The molecule has 0 amide bonds. The minimum absolute atomic E-state index is 0.172. The van der Waals surface area contributed by atoms with Crippen molar-refractivity contribution in [1.29, 1.82) is 0 Å². The molecule has 11 heavy (non-hydrogen) atoms. The number of aliphatic hydroxyl groups is 1. The van der Waals surface area contributed by atoms with Gasteiger partial charge < -0.3 is 9.84 Å². The second kappa shape index (κ2) is 4.68. The molecule has 1 heterocycles. The van der Waals surface area contributed by atoms with Crippen LogP contribution in [0, 0.1) is 0 Å². The molecular weight excluding hydrogens is 142 g/mol. The molecule has 1 N–H and O–H groups in total. The Bertz CT molecular complexity index is 189. The van der Waals surface area contributed by atoms with E-state index in [-0.39, 0.29) is 6.61 Å². The van der Waals surface area contributed by atoms with Crippen LogP contribution < -0.4 is 4.74 Å². The van der Waals surface area contributed by atoms with E-state index in [0.29, 0.717) is 13.0 Å². The van der Waals surface area contributed by atoms with Gasteiger partial charge in [0.25, 0.3) is 0 Å². The maximum atomic E-state index is 8.45. The van der Waals surface area contributed by atoms with Crippen LogP contribution in [0.1, 0.15) is 6.42 Å². The standard InChI is InChI=1S/C8H11NO2/c10-6-1-7-11-8-2-4-9-5-3-8/h2-5,10H,1,6-7H2. The van der Waals surface area contributed by atoms with Crippen LogP contribution in [-0.2, 0) is 0 Å². The van der Waals surface area contributed by atoms with Gasteiger partial charge in [0, 0.05) is 25.4 Å². The lowest BCUT2D eigenvalue weighted by Crippen LogP contribution is -1.99. The van der Waals surface area contributed by atoms with Gasteiger partial charge in [-0.3, -0.25) is 4.98 Å². The Morgan fingerprint density at radius 3 is 2.73 bits per heavy atom. The molecule has 0 unspecified atom stereocenters. The Kier molecular flexibility index (Phi) is 3.41. The van der Waals surface area contributed by atoms with Crippen molar-refractivity contribution in [3.63, 3.8) is 0 Å². The van der Waals surface area contributed by atoms with Gasteiger partial charge in [-0.2, -0.15) is 0 Å². The summed E-state index contributed by atoms with van der Waals surface area (Å²) in [5.41, 5.74) is 0. The topological polar surface area (TPSA) is 42.4 Å². The highest BCUT2D eigenvalue weighted by molar-refractivity contribution is 5.16. The van der Waals surface area contributed by atoms with Crippen LogP contribution in [0.25, 0.3) is 0 Å². The van der Waals surface area contributed by atoms with Crippen LogP contribution in [0.2, 0.25) is 0 Å². The fourth-order valence-corrected chi connectivity index (χ4v) is 0.689. The molecule has 0 bridgehead atoms. The molecule has 0 atom stereocenters. The van der Waals surface area contributed by atoms with Gasteiger partial charge in [-0.25, -0.2) is 0 Å². The average Bonchev–Trinajstić information content (AvgIpc) is 2.07. The van der Waals surface area contributed by atoms with E-state index in [1.165, 1.54) is 0 Å². The first-order chi connectivity index (χ1) is 5.43. The Morgan fingerprint density at radius 1 is 1.36 bits per heavy atom. The lowest BCUT2D eigenvalue weighted by atomic mass is 10.4. The van der Waals surface area contributed by atoms with Crippen molar-refractivity contribution < 1.29 is 9.84 Å². The zero-order chi connectivity index (χ0) is 7.94. The van der Waals surface area contributed by atoms with Gasteiger partial charge in [0.2, 0.25) is 0 Å². The highest BCUT2D eigenvalue weighted by Gasteiger charge is 1.89. The molecule has 60 valence electrons. The summed E-state index contributed by atoms with van der Waals surface area (Å²) in [6, 6.07) is 3.58. The van der Waals surface area contributed by atoms with Crippen molar-refractivity contribution in [2.75, 3.05) is 13.2 Å². The number of aromatic nitrogens is 1. The summed E-state index contributed by atoms with van der Waals surface area (Å²) in [7, 11) is 0. The molecule has 3 heteroatoms. The molecule has 1 rings (SSSR count). The quantitative estimate of drug-likeness (QED) is 0.652. The normalized spacial score (nSPS) is 9.55. The van der Waals surface area contributed by atoms with Gasteiger partial charge in [-0.1, -0.05) is 0 Å². The predicted octanol–water partition coefficient (Wildman–Crippen LogP) is 0.843. The molecule has 0 aliphatic heterocycles. The fourth-order valence-electron chi connectivity index (χ4n) is 0.689. The molecule has 0 saturated heterocycles. The predicted molar refractivity (Wildman–Crippen MR) is 41.4 cm³/mol. The molecule has 0 fully saturated rings. The van der Waals surface area contributed by atoms with E-state index in [1.807, 2.05) is 0 Å². The summed E-state index contributed by atoms with van der Waals surface area (Å²) < 4.78 is 5.25. The minimum Gasteiger partial charge on any atom is -0.493 e. The number of hydrogen-bond donors (Lipinski definition) is 1. The summed E-state index contributed by atoms with van der Waals surface area (Å²) in [5.74, 6) is 0.799. The molecule has 0 radical (unpaired) electrons. The van der Waals surface area contributed by atoms with Crippen LogP contribution in [-0.4, -0.2) is 23.3 Å². The van der Waals surface area contributed by atoms with E-state index in [4.69, 9.17) is 9.84 Å². The number of aliphatic hydroxyl groups excluding tert-OH is 1. The molecule has 0 saturated carbocycles. The highest BCUT2D eigenvalue weighted by atomic mass is 16.5. The van der Waals surface area contributed by atoms with E-state index in [1.54, 1.807) is 24.5 Å². The van der Waals surface area contributed by atoms with E-state index in [2.05, 4.69) is 4.98 Å². The Labute approximate surface area is 65.7 Å². The monoisotopic (exact) mass is 153 g/mol. The second-order valence-corrected chi connectivity index (χ2v) is 2.11. The van der Waals surface area contributed by atoms with Crippen LogP contribution in [0.4, 0.5) is 0 Å². The Balaban J connectivity index is 2.28. The number of nitrogens with zero attached hydrogens (tertiary/aromatic N) is 1. The van der Waals surface area contributed by atoms with Gasteiger partial charge in [0.05, 0.1) is 6.61 Å². The van der Waals surface area contributed by atoms with Crippen molar-refractivity contribution in [3.8, 4) is 5.75 Å². The summed E-state index contributed by atoms with van der Waals surface area (Å²) in [5, 5.41) is 8.45. The third kappa shape index (κ3) is 3.00. The number of hydrogen-bond acceptors (Lipinski definition) is 3. The van der Waals surface area contributed by atoms with Crippen molar-refractivity contribution in [3.05, 3.63) is 24.5 Å². The zero-order valence-electron chi connectivity index (χ0n) is 6.23. The Hall–Kier alpha value is -1.09. The average molecular weight is 153 g/mol. The van der Waals surface area contributed by atoms with Crippen molar-refractivity contribution >= 4 is 0 Å². The van der Waals surface area contributed by atoms with E-state index in [0.717, 1.165) is 5.75 Å². The molecule has 1 aromatic heterocycles. The maximum Gasteiger partial charge on any atom is 0.122 e. The highest BCUT2D eigenvalue weighted by Crippen LogP contribution is 2.06. The van der Waals surface area contributed by atoms with Crippen LogP contribution in [0.15, 0.2) is 24.5 Å². The summed E-state index contributed by atoms with van der Waals surface area (Å²) in [6.07, 6.45) is 4.02. The van der Waals surface area contributed by atoms with Gasteiger partial charge in [0.1, 0.15) is 5.75 Å². The van der Waals surface area contributed by atoms with Crippen LogP contribution >= 0.6 is 0 Å². The third-order valence-electron chi connectivity index (χ3n) is 1.22. The Morgan fingerprint density at radius 2 is 2.09 bits per heavy atom. The molecule has 0 aliphatic carbocycles. The lowest BCUT2D eigenvalue weighted by Gasteiger charge is -2.02.